The highest BCUT2D eigenvalue weighted by atomic mass is 79.9. The van der Waals surface area contributed by atoms with Crippen molar-refractivity contribution < 1.29 is 9.47 Å². The third-order valence-corrected chi connectivity index (χ3v) is 4.11. The van der Waals surface area contributed by atoms with Crippen LogP contribution in [0, 0.1) is 5.92 Å². The Labute approximate surface area is 121 Å². The first-order chi connectivity index (χ1) is 9.22. The summed E-state index contributed by atoms with van der Waals surface area (Å²) in [5.41, 5.74) is 3.89. The van der Waals surface area contributed by atoms with Crippen LogP contribution in [0.4, 0.5) is 0 Å². The van der Waals surface area contributed by atoms with Gasteiger partial charge in [-0.05, 0) is 34.7 Å². The van der Waals surface area contributed by atoms with Crippen LogP contribution in [0.5, 0.6) is 0 Å². The fraction of sp³-hybridized carbons (Fsp3) is 0.750. The van der Waals surface area contributed by atoms with E-state index in [2.05, 4.69) is 26.5 Å². The molecule has 1 aliphatic rings. The summed E-state index contributed by atoms with van der Waals surface area (Å²) in [6.45, 7) is 1.30. The van der Waals surface area contributed by atoms with Crippen LogP contribution in [0.3, 0.4) is 0 Å². The molecule has 1 fully saturated rings. The molecule has 0 aromatic carbocycles. The number of nitrogens with zero attached hydrogens (tertiary/aromatic N) is 2. The van der Waals surface area contributed by atoms with Gasteiger partial charge in [0.15, 0.2) is 0 Å². The average Bonchev–Trinajstić information content (AvgIpc) is 3.19. The molecular weight excluding hydrogens is 312 g/mol. The van der Waals surface area contributed by atoms with E-state index in [1.807, 2.05) is 4.68 Å². The molecule has 0 spiro atoms. The molecule has 0 bridgehead atoms. The standard InChI is InChI=1S/C12H21BrN4O2/c1-18-6-5-17-11(9(13)7-15-17)10(16-14)12(19-2)8-3-4-8/h7-8,10,12,16H,3-6,14H2,1-2H3. The highest BCUT2D eigenvalue weighted by Crippen LogP contribution is 2.40. The molecule has 19 heavy (non-hydrogen) atoms. The Hall–Kier alpha value is -0.470. The zero-order valence-electron chi connectivity index (χ0n) is 11.3. The highest BCUT2D eigenvalue weighted by Gasteiger charge is 2.39. The fourth-order valence-corrected chi connectivity index (χ4v) is 2.93. The van der Waals surface area contributed by atoms with Crippen molar-refractivity contribution in [2.24, 2.45) is 11.8 Å². The molecule has 7 heteroatoms. The zero-order chi connectivity index (χ0) is 13.8. The number of nitrogens with two attached hydrogens (primary N) is 1. The monoisotopic (exact) mass is 332 g/mol. The van der Waals surface area contributed by atoms with Crippen molar-refractivity contribution in [3.8, 4) is 0 Å². The number of methoxy groups -OCH3 is 2. The Morgan fingerprint density at radius 3 is 2.84 bits per heavy atom. The second-order valence-corrected chi connectivity index (χ2v) is 5.63. The molecule has 3 N–H and O–H groups in total. The van der Waals surface area contributed by atoms with Crippen molar-refractivity contribution >= 4 is 15.9 Å². The Morgan fingerprint density at radius 1 is 1.58 bits per heavy atom. The van der Waals surface area contributed by atoms with Crippen LogP contribution in [-0.2, 0) is 16.0 Å². The second-order valence-electron chi connectivity index (χ2n) is 4.78. The molecule has 2 unspecified atom stereocenters. The van der Waals surface area contributed by atoms with E-state index in [0.717, 1.165) is 10.2 Å². The number of halogens is 1. The van der Waals surface area contributed by atoms with E-state index in [1.165, 1.54) is 12.8 Å². The average molecular weight is 333 g/mol. The van der Waals surface area contributed by atoms with Crippen LogP contribution in [0.25, 0.3) is 0 Å². The summed E-state index contributed by atoms with van der Waals surface area (Å²) in [7, 11) is 3.41. The number of hydrogen-bond donors (Lipinski definition) is 2. The number of aromatic nitrogens is 2. The van der Waals surface area contributed by atoms with Crippen molar-refractivity contribution in [2.75, 3.05) is 20.8 Å². The van der Waals surface area contributed by atoms with Gasteiger partial charge in [-0.2, -0.15) is 5.10 Å². The van der Waals surface area contributed by atoms with E-state index in [0.29, 0.717) is 19.1 Å². The van der Waals surface area contributed by atoms with Crippen LogP contribution in [-0.4, -0.2) is 36.7 Å². The molecule has 1 heterocycles. The SMILES string of the molecule is COCCn1ncc(Br)c1C(NN)C(OC)C1CC1. The van der Waals surface area contributed by atoms with Crippen LogP contribution >= 0.6 is 15.9 Å². The molecule has 2 rings (SSSR count). The first kappa shape index (κ1) is 14.9. The van der Waals surface area contributed by atoms with Gasteiger partial charge in [-0.25, -0.2) is 5.43 Å². The van der Waals surface area contributed by atoms with E-state index < -0.39 is 0 Å². The minimum absolute atomic E-state index is 0.0688. The Bertz CT molecular complexity index is 408. The number of ether oxygens (including phenoxy) is 2. The van der Waals surface area contributed by atoms with E-state index >= 15 is 0 Å². The van der Waals surface area contributed by atoms with Gasteiger partial charge in [-0.3, -0.25) is 10.5 Å². The van der Waals surface area contributed by atoms with Gasteiger partial charge < -0.3 is 9.47 Å². The largest absolute Gasteiger partial charge is 0.383 e. The summed E-state index contributed by atoms with van der Waals surface area (Å²) in [5, 5.41) is 4.36. The maximum atomic E-state index is 5.75. The third-order valence-electron chi connectivity index (χ3n) is 3.50. The number of nitrogens with one attached hydrogen (secondary N) is 1. The van der Waals surface area contributed by atoms with Crippen molar-refractivity contribution in [2.45, 2.75) is 31.5 Å². The van der Waals surface area contributed by atoms with Gasteiger partial charge in [0, 0.05) is 14.2 Å². The van der Waals surface area contributed by atoms with Gasteiger partial charge >= 0.3 is 0 Å². The second kappa shape index (κ2) is 6.81. The molecule has 0 radical (unpaired) electrons. The smallest absolute Gasteiger partial charge is 0.0904 e. The summed E-state index contributed by atoms with van der Waals surface area (Å²) in [4.78, 5) is 0. The lowest BCUT2D eigenvalue weighted by atomic mass is 10.0. The predicted molar refractivity (Wildman–Crippen MR) is 75.4 cm³/mol. The zero-order valence-corrected chi connectivity index (χ0v) is 12.9. The summed E-state index contributed by atoms with van der Waals surface area (Å²) in [6.07, 6.45) is 4.25. The first-order valence-electron chi connectivity index (χ1n) is 6.42. The number of rotatable bonds is 8. The Morgan fingerprint density at radius 2 is 2.32 bits per heavy atom. The molecule has 1 saturated carbocycles. The van der Waals surface area contributed by atoms with Gasteiger partial charge in [0.25, 0.3) is 0 Å². The van der Waals surface area contributed by atoms with Crippen LogP contribution in [0.2, 0.25) is 0 Å². The van der Waals surface area contributed by atoms with Gasteiger partial charge in [0.1, 0.15) is 0 Å². The number of hydrogen-bond acceptors (Lipinski definition) is 5. The summed E-state index contributed by atoms with van der Waals surface area (Å²) in [6, 6.07) is -0.0776. The van der Waals surface area contributed by atoms with Crippen molar-refractivity contribution in [3.63, 3.8) is 0 Å². The third kappa shape index (κ3) is 3.35. The highest BCUT2D eigenvalue weighted by molar-refractivity contribution is 9.10. The van der Waals surface area contributed by atoms with Crippen molar-refractivity contribution in [3.05, 3.63) is 16.4 Å². The maximum Gasteiger partial charge on any atom is 0.0904 e. The molecule has 2 atom stereocenters. The molecule has 1 aromatic heterocycles. The minimum Gasteiger partial charge on any atom is -0.383 e. The van der Waals surface area contributed by atoms with E-state index in [-0.39, 0.29) is 12.1 Å². The minimum atomic E-state index is -0.0776. The van der Waals surface area contributed by atoms with Crippen molar-refractivity contribution in [1.29, 1.82) is 0 Å². The molecule has 1 aliphatic carbocycles. The Kier molecular flexibility index (Phi) is 5.35. The van der Waals surface area contributed by atoms with E-state index in [9.17, 15) is 0 Å². The topological polar surface area (TPSA) is 74.3 Å². The summed E-state index contributed by atoms with van der Waals surface area (Å²) in [5.74, 6) is 6.32. The van der Waals surface area contributed by atoms with Crippen molar-refractivity contribution in [1.82, 2.24) is 15.2 Å². The van der Waals surface area contributed by atoms with Crippen LogP contribution in [0.1, 0.15) is 24.6 Å². The predicted octanol–water partition coefficient (Wildman–Crippen LogP) is 1.22. The lowest BCUT2D eigenvalue weighted by Gasteiger charge is -2.26. The number of hydrazine groups is 1. The quantitative estimate of drug-likeness (QED) is 0.553. The van der Waals surface area contributed by atoms with E-state index in [1.54, 1.807) is 20.4 Å². The molecule has 0 saturated heterocycles. The van der Waals surface area contributed by atoms with Gasteiger partial charge in [-0.1, -0.05) is 0 Å². The Balaban J connectivity index is 2.23. The van der Waals surface area contributed by atoms with Gasteiger partial charge in [0.2, 0.25) is 0 Å². The maximum absolute atomic E-state index is 5.75. The lowest BCUT2D eigenvalue weighted by molar-refractivity contribution is 0.0471. The summed E-state index contributed by atoms with van der Waals surface area (Å²) < 4.78 is 13.6. The van der Waals surface area contributed by atoms with Gasteiger partial charge in [-0.15, -0.1) is 0 Å². The molecule has 0 aliphatic heterocycles. The lowest BCUT2D eigenvalue weighted by Crippen LogP contribution is -2.40. The summed E-state index contributed by atoms with van der Waals surface area (Å²) >= 11 is 3.54. The first-order valence-corrected chi connectivity index (χ1v) is 7.21. The van der Waals surface area contributed by atoms with Gasteiger partial charge in [0.05, 0.1) is 41.7 Å². The molecular formula is C12H21BrN4O2. The van der Waals surface area contributed by atoms with Crippen LogP contribution in [0.15, 0.2) is 10.7 Å². The van der Waals surface area contributed by atoms with Crippen LogP contribution < -0.4 is 11.3 Å². The molecule has 1 aromatic rings. The molecule has 108 valence electrons. The fourth-order valence-electron chi connectivity index (χ4n) is 2.39. The van der Waals surface area contributed by atoms with E-state index in [4.69, 9.17) is 15.3 Å². The normalized spacial score (nSPS) is 18.5. The molecule has 6 nitrogen and oxygen atoms in total. The molecule has 0 amide bonds.